The summed E-state index contributed by atoms with van der Waals surface area (Å²) in [6, 6.07) is 14.5. The summed E-state index contributed by atoms with van der Waals surface area (Å²) in [7, 11) is 3.21. The molecule has 0 heterocycles. The Morgan fingerprint density at radius 2 is 1.44 bits per heavy atom. The molecule has 25 heavy (non-hydrogen) atoms. The van der Waals surface area contributed by atoms with Crippen LogP contribution in [-0.2, 0) is 4.79 Å². The Labute approximate surface area is 147 Å². The molecular weight excluding hydrogens is 320 g/mol. The molecule has 0 saturated heterocycles. The van der Waals surface area contributed by atoms with Gasteiger partial charge in [-0.1, -0.05) is 6.92 Å². The molecule has 1 N–H and O–H groups in total. The van der Waals surface area contributed by atoms with E-state index < -0.39 is 0 Å². The van der Waals surface area contributed by atoms with Crippen LogP contribution in [0.15, 0.2) is 53.6 Å². The third-order valence-corrected chi connectivity index (χ3v) is 3.50. The van der Waals surface area contributed by atoms with Crippen molar-refractivity contribution >= 4 is 11.6 Å². The van der Waals surface area contributed by atoms with Crippen molar-refractivity contribution in [3.05, 3.63) is 54.1 Å². The van der Waals surface area contributed by atoms with E-state index in [4.69, 9.17) is 14.2 Å². The van der Waals surface area contributed by atoms with Crippen LogP contribution in [0.3, 0.4) is 0 Å². The second-order valence-corrected chi connectivity index (χ2v) is 5.14. The van der Waals surface area contributed by atoms with Crippen LogP contribution in [0.2, 0.25) is 0 Å². The van der Waals surface area contributed by atoms with Gasteiger partial charge in [-0.2, -0.15) is 5.10 Å². The van der Waals surface area contributed by atoms with Gasteiger partial charge in [0.2, 0.25) is 0 Å². The predicted molar refractivity (Wildman–Crippen MR) is 96.5 cm³/mol. The summed E-state index contributed by atoms with van der Waals surface area (Å²) in [4.78, 5) is 11.9. The van der Waals surface area contributed by atoms with Crippen LogP contribution in [0.25, 0.3) is 0 Å². The van der Waals surface area contributed by atoms with E-state index in [1.54, 1.807) is 38.5 Å². The molecule has 0 atom stereocenters. The molecule has 2 aromatic rings. The molecular formula is C19H22N2O4. The van der Waals surface area contributed by atoms with Gasteiger partial charge in [-0.05, 0) is 60.5 Å². The van der Waals surface area contributed by atoms with E-state index >= 15 is 0 Å². The maximum absolute atomic E-state index is 11.9. The van der Waals surface area contributed by atoms with Crippen molar-refractivity contribution in [2.24, 2.45) is 5.10 Å². The van der Waals surface area contributed by atoms with E-state index in [-0.39, 0.29) is 12.5 Å². The van der Waals surface area contributed by atoms with E-state index in [0.717, 1.165) is 22.8 Å². The number of carbonyl (C=O) groups is 1. The Balaban J connectivity index is 1.89. The van der Waals surface area contributed by atoms with E-state index in [1.165, 1.54) is 0 Å². The van der Waals surface area contributed by atoms with Gasteiger partial charge in [-0.25, -0.2) is 5.43 Å². The lowest BCUT2D eigenvalue weighted by Crippen LogP contribution is -2.26. The van der Waals surface area contributed by atoms with Crippen LogP contribution in [0.1, 0.15) is 18.9 Å². The van der Waals surface area contributed by atoms with Gasteiger partial charge in [0.05, 0.1) is 19.9 Å². The van der Waals surface area contributed by atoms with Crippen molar-refractivity contribution in [2.45, 2.75) is 13.3 Å². The number of hydrogen-bond acceptors (Lipinski definition) is 5. The van der Waals surface area contributed by atoms with Crippen molar-refractivity contribution in [3.63, 3.8) is 0 Å². The molecule has 0 saturated carbocycles. The summed E-state index contributed by atoms with van der Waals surface area (Å²) in [6.45, 7) is 1.86. The molecule has 132 valence electrons. The smallest absolute Gasteiger partial charge is 0.277 e. The molecule has 0 aliphatic heterocycles. The number of carbonyl (C=O) groups excluding carboxylic acids is 1. The molecule has 2 rings (SSSR count). The predicted octanol–water partition coefficient (Wildman–Crippen LogP) is 3.01. The monoisotopic (exact) mass is 342 g/mol. The zero-order valence-electron chi connectivity index (χ0n) is 14.6. The van der Waals surface area contributed by atoms with E-state index in [0.29, 0.717) is 12.2 Å². The fraction of sp³-hybridized carbons (Fsp3) is 0.263. The Bertz CT molecular complexity index is 709. The first-order chi connectivity index (χ1) is 12.2. The Morgan fingerprint density at radius 3 is 1.96 bits per heavy atom. The first-order valence-electron chi connectivity index (χ1n) is 7.93. The minimum Gasteiger partial charge on any atom is -0.497 e. The SMILES string of the molecule is CC/C(=N/NC(=O)COc1ccc(OC)cc1)c1ccc(OC)cc1. The lowest BCUT2D eigenvalue weighted by Gasteiger charge is -2.08. The van der Waals surface area contributed by atoms with Crippen LogP contribution in [0.5, 0.6) is 17.2 Å². The Hall–Kier alpha value is -3.02. The van der Waals surface area contributed by atoms with Gasteiger partial charge in [0.15, 0.2) is 6.61 Å². The molecule has 0 fully saturated rings. The highest BCUT2D eigenvalue weighted by atomic mass is 16.5. The van der Waals surface area contributed by atoms with Gasteiger partial charge in [0.1, 0.15) is 17.2 Å². The number of nitrogens with one attached hydrogen (secondary N) is 1. The quantitative estimate of drug-likeness (QED) is 0.591. The summed E-state index contributed by atoms with van der Waals surface area (Å²) in [5.41, 5.74) is 4.23. The van der Waals surface area contributed by atoms with Crippen LogP contribution < -0.4 is 19.6 Å². The third kappa shape index (κ3) is 5.53. The van der Waals surface area contributed by atoms with E-state index in [1.807, 2.05) is 31.2 Å². The summed E-state index contributed by atoms with van der Waals surface area (Å²) in [5.74, 6) is 1.77. The zero-order chi connectivity index (χ0) is 18.1. The summed E-state index contributed by atoms with van der Waals surface area (Å²) in [6.07, 6.45) is 0.686. The molecule has 1 amide bonds. The number of nitrogens with zero attached hydrogens (tertiary/aromatic N) is 1. The normalized spacial score (nSPS) is 10.9. The fourth-order valence-corrected chi connectivity index (χ4v) is 2.11. The second-order valence-electron chi connectivity index (χ2n) is 5.14. The van der Waals surface area contributed by atoms with Crippen LogP contribution in [-0.4, -0.2) is 32.4 Å². The van der Waals surface area contributed by atoms with Crippen molar-refractivity contribution in [2.75, 3.05) is 20.8 Å². The van der Waals surface area contributed by atoms with Gasteiger partial charge in [-0.3, -0.25) is 4.79 Å². The number of methoxy groups -OCH3 is 2. The molecule has 0 spiro atoms. The average Bonchev–Trinajstić information content (AvgIpc) is 2.67. The molecule has 0 aromatic heterocycles. The molecule has 6 nitrogen and oxygen atoms in total. The van der Waals surface area contributed by atoms with Crippen molar-refractivity contribution in [1.29, 1.82) is 0 Å². The molecule has 0 radical (unpaired) electrons. The first-order valence-corrected chi connectivity index (χ1v) is 7.93. The van der Waals surface area contributed by atoms with Gasteiger partial charge >= 0.3 is 0 Å². The number of hydrogen-bond donors (Lipinski definition) is 1. The number of hydrazone groups is 1. The Kier molecular flexibility index (Phi) is 6.83. The molecule has 0 unspecified atom stereocenters. The third-order valence-electron chi connectivity index (χ3n) is 3.50. The van der Waals surface area contributed by atoms with Gasteiger partial charge < -0.3 is 14.2 Å². The lowest BCUT2D eigenvalue weighted by atomic mass is 10.1. The number of benzene rings is 2. The summed E-state index contributed by atoms with van der Waals surface area (Å²) >= 11 is 0. The topological polar surface area (TPSA) is 69.2 Å². The number of rotatable bonds is 8. The van der Waals surface area contributed by atoms with Crippen molar-refractivity contribution < 1.29 is 19.0 Å². The first kappa shape index (κ1) is 18.3. The summed E-state index contributed by atoms with van der Waals surface area (Å²) < 4.78 is 15.6. The van der Waals surface area contributed by atoms with Crippen molar-refractivity contribution in [3.8, 4) is 17.2 Å². The number of amides is 1. The van der Waals surface area contributed by atoms with E-state index in [2.05, 4.69) is 10.5 Å². The maximum atomic E-state index is 11.9. The minimum atomic E-state index is -0.324. The highest BCUT2D eigenvalue weighted by molar-refractivity contribution is 6.01. The zero-order valence-corrected chi connectivity index (χ0v) is 14.6. The average molecular weight is 342 g/mol. The highest BCUT2D eigenvalue weighted by Gasteiger charge is 2.05. The van der Waals surface area contributed by atoms with Crippen LogP contribution in [0.4, 0.5) is 0 Å². The molecule has 0 bridgehead atoms. The maximum Gasteiger partial charge on any atom is 0.277 e. The van der Waals surface area contributed by atoms with E-state index in [9.17, 15) is 4.79 Å². The van der Waals surface area contributed by atoms with Gasteiger partial charge in [-0.15, -0.1) is 0 Å². The highest BCUT2D eigenvalue weighted by Crippen LogP contribution is 2.17. The van der Waals surface area contributed by atoms with Crippen LogP contribution in [0, 0.1) is 0 Å². The summed E-state index contributed by atoms with van der Waals surface area (Å²) in [5, 5.41) is 4.18. The van der Waals surface area contributed by atoms with Crippen LogP contribution >= 0.6 is 0 Å². The lowest BCUT2D eigenvalue weighted by molar-refractivity contribution is -0.123. The molecule has 6 heteroatoms. The van der Waals surface area contributed by atoms with Gasteiger partial charge in [0.25, 0.3) is 5.91 Å². The molecule has 2 aromatic carbocycles. The number of ether oxygens (including phenoxy) is 3. The minimum absolute atomic E-state index is 0.116. The molecule has 0 aliphatic rings. The van der Waals surface area contributed by atoms with Gasteiger partial charge in [0, 0.05) is 0 Å². The largest absolute Gasteiger partial charge is 0.497 e. The molecule has 0 aliphatic carbocycles. The fourth-order valence-electron chi connectivity index (χ4n) is 2.11. The Morgan fingerprint density at radius 1 is 0.920 bits per heavy atom. The van der Waals surface area contributed by atoms with Crippen molar-refractivity contribution in [1.82, 2.24) is 5.43 Å². The standard InChI is InChI=1S/C19H22N2O4/c1-4-18(14-5-7-15(23-2)8-6-14)20-21-19(22)13-25-17-11-9-16(24-3)10-12-17/h5-12H,4,13H2,1-3H3,(H,21,22)/b20-18-. The second kappa shape index (κ2) is 9.32.